The first-order chi connectivity index (χ1) is 8.72. The number of hydrogen-bond acceptors (Lipinski definition) is 1. The molecule has 0 saturated heterocycles. The lowest BCUT2D eigenvalue weighted by molar-refractivity contribution is 0.361. The molecule has 0 saturated carbocycles. The molecular formula is C17H24O. The van der Waals surface area contributed by atoms with Gasteiger partial charge in [-0.3, -0.25) is 0 Å². The van der Waals surface area contributed by atoms with Crippen molar-refractivity contribution in [1.29, 1.82) is 0 Å². The monoisotopic (exact) mass is 244 g/mol. The normalized spacial score (nSPS) is 12.6. The van der Waals surface area contributed by atoms with E-state index in [1.165, 1.54) is 11.1 Å². The summed E-state index contributed by atoms with van der Waals surface area (Å²) >= 11 is 0. The third-order valence-electron chi connectivity index (χ3n) is 3.01. The summed E-state index contributed by atoms with van der Waals surface area (Å²) in [6.07, 6.45) is 7.90. The van der Waals surface area contributed by atoms with Crippen LogP contribution in [0.1, 0.15) is 40.0 Å². The number of allylic oxidation sites excluding steroid dienone is 3. The average molecular weight is 244 g/mol. The van der Waals surface area contributed by atoms with E-state index in [1.54, 1.807) is 0 Å². The van der Waals surface area contributed by atoms with Crippen molar-refractivity contribution in [3.8, 4) is 5.75 Å². The summed E-state index contributed by atoms with van der Waals surface area (Å²) in [4.78, 5) is 0. The lowest BCUT2D eigenvalue weighted by Crippen LogP contribution is -1.94. The predicted molar refractivity (Wildman–Crippen MR) is 79.0 cm³/mol. The van der Waals surface area contributed by atoms with Crippen LogP contribution >= 0.6 is 0 Å². The molecule has 0 aliphatic rings. The Morgan fingerprint density at radius 3 is 2.44 bits per heavy atom. The SMILES string of the molecule is CCC(C)=CCCC(C)=CCOc1ccccc1. The molecule has 0 radical (unpaired) electrons. The first-order valence-corrected chi connectivity index (χ1v) is 6.71. The Labute approximate surface area is 111 Å². The Bertz CT molecular complexity index is 387. The molecule has 0 aliphatic heterocycles. The predicted octanol–water partition coefficient (Wildman–Crippen LogP) is 5.15. The molecule has 1 aromatic carbocycles. The molecule has 0 atom stereocenters. The molecule has 98 valence electrons. The van der Waals surface area contributed by atoms with Crippen LogP contribution in [-0.2, 0) is 0 Å². The second-order valence-corrected chi connectivity index (χ2v) is 4.62. The van der Waals surface area contributed by atoms with Crippen LogP contribution < -0.4 is 4.74 Å². The van der Waals surface area contributed by atoms with Crippen LogP contribution in [-0.4, -0.2) is 6.61 Å². The number of hydrogen-bond donors (Lipinski definition) is 0. The molecule has 0 aliphatic carbocycles. The summed E-state index contributed by atoms with van der Waals surface area (Å²) < 4.78 is 5.63. The lowest BCUT2D eigenvalue weighted by Gasteiger charge is -2.04. The third-order valence-corrected chi connectivity index (χ3v) is 3.01. The summed E-state index contributed by atoms with van der Waals surface area (Å²) in [6, 6.07) is 9.94. The lowest BCUT2D eigenvalue weighted by atomic mass is 10.1. The Morgan fingerprint density at radius 1 is 1.06 bits per heavy atom. The van der Waals surface area contributed by atoms with E-state index in [9.17, 15) is 0 Å². The van der Waals surface area contributed by atoms with E-state index in [4.69, 9.17) is 4.74 Å². The van der Waals surface area contributed by atoms with E-state index in [2.05, 4.69) is 32.9 Å². The van der Waals surface area contributed by atoms with E-state index in [0.29, 0.717) is 6.61 Å². The van der Waals surface area contributed by atoms with E-state index in [1.807, 2.05) is 30.3 Å². The minimum atomic E-state index is 0.659. The molecule has 1 heteroatoms. The van der Waals surface area contributed by atoms with Gasteiger partial charge in [-0.2, -0.15) is 0 Å². The largest absolute Gasteiger partial charge is 0.490 e. The highest BCUT2D eigenvalue weighted by Crippen LogP contribution is 2.10. The Hall–Kier alpha value is -1.50. The minimum absolute atomic E-state index is 0.659. The molecule has 1 rings (SSSR count). The van der Waals surface area contributed by atoms with Crippen LogP contribution in [0.15, 0.2) is 53.6 Å². The van der Waals surface area contributed by atoms with Crippen molar-refractivity contribution in [2.75, 3.05) is 6.61 Å². The topological polar surface area (TPSA) is 9.23 Å². The quantitative estimate of drug-likeness (QED) is 0.603. The molecule has 18 heavy (non-hydrogen) atoms. The molecular weight excluding hydrogens is 220 g/mol. The Morgan fingerprint density at radius 2 is 1.78 bits per heavy atom. The first-order valence-electron chi connectivity index (χ1n) is 6.71. The second-order valence-electron chi connectivity index (χ2n) is 4.62. The molecule has 1 aromatic rings. The standard InChI is InChI=1S/C17H24O/c1-4-15(2)9-8-10-16(3)13-14-18-17-11-6-5-7-12-17/h5-7,9,11-13H,4,8,10,14H2,1-3H3. The number of ether oxygens (including phenoxy) is 1. The summed E-state index contributed by atoms with van der Waals surface area (Å²) in [6.45, 7) is 7.22. The summed E-state index contributed by atoms with van der Waals surface area (Å²) in [5.41, 5.74) is 2.87. The van der Waals surface area contributed by atoms with Gasteiger partial charge in [0, 0.05) is 0 Å². The van der Waals surface area contributed by atoms with Gasteiger partial charge < -0.3 is 4.74 Å². The second kappa shape index (κ2) is 8.57. The van der Waals surface area contributed by atoms with Crippen LogP contribution in [0.5, 0.6) is 5.75 Å². The van der Waals surface area contributed by atoms with Gasteiger partial charge in [0.15, 0.2) is 0 Å². The van der Waals surface area contributed by atoms with E-state index >= 15 is 0 Å². The van der Waals surface area contributed by atoms with E-state index in [-0.39, 0.29) is 0 Å². The Balaban J connectivity index is 2.26. The van der Waals surface area contributed by atoms with Crippen LogP contribution in [0, 0.1) is 0 Å². The van der Waals surface area contributed by atoms with Gasteiger partial charge in [-0.1, -0.05) is 42.3 Å². The minimum Gasteiger partial charge on any atom is -0.490 e. The van der Waals surface area contributed by atoms with Crippen LogP contribution in [0.4, 0.5) is 0 Å². The molecule has 0 N–H and O–H groups in total. The van der Waals surface area contributed by atoms with Crippen LogP contribution in [0.3, 0.4) is 0 Å². The van der Waals surface area contributed by atoms with Crippen molar-refractivity contribution in [2.24, 2.45) is 0 Å². The zero-order chi connectivity index (χ0) is 13.2. The van der Waals surface area contributed by atoms with Gasteiger partial charge in [-0.15, -0.1) is 0 Å². The summed E-state index contributed by atoms with van der Waals surface area (Å²) in [7, 11) is 0. The van der Waals surface area contributed by atoms with Crippen LogP contribution in [0.25, 0.3) is 0 Å². The fourth-order valence-electron chi connectivity index (χ4n) is 1.59. The van der Waals surface area contributed by atoms with Crippen molar-refractivity contribution in [3.05, 3.63) is 53.6 Å². The molecule has 0 bridgehead atoms. The highest BCUT2D eigenvalue weighted by Gasteiger charge is 1.92. The molecule has 0 unspecified atom stereocenters. The first kappa shape index (κ1) is 14.6. The molecule has 0 heterocycles. The zero-order valence-electron chi connectivity index (χ0n) is 11.8. The molecule has 0 spiro atoms. The number of rotatable bonds is 7. The maximum absolute atomic E-state index is 5.63. The van der Waals surface area contributed by atoms with Crippen LogP contribution in [0.2, 0.25) is 0 Å². The maximum atomic E-state index is 5.63. The van der Waals surface area contributed by atoms with Crippen molar-refractivity contribution in [2.45, 2.75) is 40.0 Å². The molecule has 1 nitrogen and oxygen atoms in total. The molecule has 0 aromatic heterocycles. The summed E-state index contributed by atoms with van der Waals surface area (Å²) in [5.74, 6) is 0.934. The zero-order valence-corrected chi connectivity index (χ0v) is 11.8. The summed E-state index contributed by atoms with van der Waals surface area (Å²) in [5, 5.41) is 0. The van der Waals surface area contributed by atoms with Gasteiger partial charge in [-0.05, 0) is 51.3 Å². The van der Waals surface area contributed by atoms with Gasteiger partial charge >= 0.3 is 0 Å². The van der Waals surface area contributed by atoms with Crippen molar-refractivity contribution >= 4 is 0 Å². The number of para-hydroxylation sites is 1. The van der Waals surface area contributed by atoms with Gasteiger partial charge in [0.1, 0.15) is 12.4 Å². The smallest absolute Gasteiger partial charge is 0.119 e. The Kier molecular flexibility index (Phi) is 6.93. The third kappa shape index (κ3) is 6.29. The highest BCUT2D eigenvalue weighted by atomic mass is 16.5. The van der Waals surface area contributed by atoms with Gasteiger partial charge in [0.25, 0.3) is 0 Å². The fourth-order valence-corrected chi connectivity index (χ4v) is 1.59. The van der Waals surface area contributed by atoms with Gasteiger partial charge in [0.2, 0.25) is 0 Å². The maximum Gasteiger partial charge on any atom is 0.119 e. The number of benzene rings is 1. The van der Waals surface area contributed by atoms with Crippen molar-refractivity contribution < 1.29 is 4.74 Å². The highest BCUT2D eigenvalue weighted by molar-refractivity contribution is 5.21. The molecule has 0 fully saturated rings. The van der Waals surface area contributed by atoms with E-state index in [0.717, 1.165) is 25.0 Å². The van der Waals surface area contributed by atoms with Gasteiger partial charge in [-0.25, -0.2) is 0 Å². The van der Waals surface area contributed by atoms with E-state index < -0.39 is 0 Å². The van der Waals surface area contributed by atoms with Gasteiger partial charge in [0.05, 0.1) is 0 Å². The van der Waals surface area contributed by atoms with Crippen molar-refractivity contribution in [3.63, 3.8) is 0 Å². The van der Waals surface area contributed by atoms with Crippen molar-refractivity contribution in [1.82, 2.24) is 0 Å². The average Bonchev–Trinajstić information content (AvgIpc) is 2.39. The fraction of sp³-hybridized carbons (Fsp3) is 0.412. The molecule has 0 amide bonds.